The van der Waals surface area contributed by atoms with Crippen molar-refractivity contribution >= 4 is 17.4 Å². The summed E-state index contributed by atoms with van der Waals surface area (Å²) in [6, 6.07) is 9.78. The lowest BCUT2D eigenvalue weighted by Gasteiger charge is -2.54. The van der Waals surface area contributed by atoms with Crippen LogP contribution in [0.1, 0.15) is 51.0 Å². The number of carbonyl (C=O) groups excluding carboxylic acids is 2. The first-order chi connectivity index (χ1) is 19.5. The zero-order valence-corrected chi connectivity index (χ0v) is 23.7. The fourth-order valence-corrected chi connectivity index (χ4v) is 7.10. The van der Waals surface area contributed by atoms with E-state index in [1.54, 1.807) is 9.80 Å². The molecule has 0 bridgehead atoms. The van der Waals surface area contributed by atoms with Crippen molar-refractivity contribution < 1.29 is 32.6 Å². The van der Waals surface area contributed by atoms with Gasteiger partial charge in [-0.3, -0.25) is 9.59 Å². The Morgan fingerprint density at radius 1 is 1.02 bits per heavy atom. The van der Waals surface area contributed by atoms with Crippen LogP contribution >= 0.6 is 0 Å². The van der Waals surface area contributed by atoms with Gasteiger partial charge < -0.3 is 24.5 Å². The Labute approximate surface area is 239 Å². The summed E-state index contributed by atoms with van der Waals surface area (Å²) in [5.74, 6) is -1.72. The summed E-state index contributed by atoms with van der Waals surface area (Å²) in [4.78, 5) is 32.1. The van der Waals surface area contributed by atoms with Crippen molar-refractivity contribution in [3.8, 4) is 0 Å². The Morgan fingerprint density at radius 3 is 2.37 bits per heavy atom. The first kappa shape index (κ1) is 29.6. The molecule has 1 saturated carbocycles. The average molecular weight is 576 g/mol. The normalized spacial score (nSPS) is 25.6. The van der Waals surface area contributed by atoms with Crippen molar-refractivity contribution in [1.82, 2.24) is 14.7 Å². The van der Waals surface area contributed by atoms with Crippen molar-refractivity contribution in [1.29, 1.82) is 0 Å². The summed E-state index contributed by atoms with van der Waals surface area (Å²) in [6.45, 7) is 4.61. The van der Waals surface area contributed by atoms with Crippen LogP contribution in [-0.4, -0.2) is 95.9 Å². The van der Waals surface area contributed by atoms with E-state index in [9.17, 15) is 27.9 Å². The highest BCUT2D eigenvalue weighted by atomic mass is 19.4. The highest BCUT2D eigenvalue weighted by Crippen LogP contribution is 2.52. The first-order valence-electron chi connectivity index (χ1n) is 14.7. The van der Waals surface area contributed by atoms with Gasteiger partial charge in [0.2, 0.25) is 5.91 Å². The van der Waals surface area contributed by atoms with E-state index >= 15 is 0 Å². The fourth-order valence-electron chi connectivity index (χ4n) is 7.10. The second-order valence-corrected chi connectivity index (χ2v) is 12.1. The number of carbonyl (C=O) groups is 2. The van der Waals surface area contributed by atoms with Crippen LogP contribution in [0, 0.1) is 11.3 Å². The van der Waals surface area contributed by atoms with E-state index in [-0.39, 0.29) is 32.0 Å². The van der Waals surface area contributed by atoms with Gasteiger partial charge in [-0.1, -0.05) is 56.2 Å². The number of hydrogen-bond donors (Lipinski definition) is 1. The molecule has 0 radical (unpaired) electrons. The predicted molar refractivity (Wildman–Crippen MR) is 148 cm³/mol. The minimum atomic E-state index is -4.40. The van der Waals surface area contributed by atoms with Gasteiger partial charge in [0, 0.05) is 56.8 Å². The standard InChI is InChI=1S/C31H40F3N3O4/c1-23(19-31(32,33)34)27(38)37-14-12-30(40,29(21-37)10-5-6-11-29)22-35-13-9-25(24-7-3-2-4-8-24)26(20-35)28(39)36-15-17-41-18-16-36/h2-4,7-9,20,23,40H,5-6,10-19,21-22H2,1H3/t23-,30+/m1/s1. The summed E-state index contributed by atoms with van der Waals surface area (Å²) in [5.41, 5.74) is 0.646. The zero-order valence-electron chi connectivity index (χ0n) is 23.7. The zero-order chi connectivity index (χ0) is 29.3. The van der Waals surface area contributed by atoms with Crippen LogP contribution in [0.2, 0.25) is 0 Å². The molecule has 3 aliphatic heterocycles. The number of halogens is 3. The minimum Gasteiger partial charge on any atom is -0.387 e. The lowest BCUT2D eigenvalue weighted by molar-refractivity contribution is -0.172. The molecule has 10 heteroatoms. The van der Waals surface area contributed by atoms with E-state index in [4.69, 9.17) is 4.74 Å². The van der Waals surface area contributed by atoms with E-state index in [2.05, 4.69) is 0 Å². The number of β-amino-alcohol motifs (C(OH)–C–C–N with tert-alkyl or cyclic N) is 1. The highest BCUT2D eigenvalue weighted by Gasteiger charge is 2.56. The van der Waals surface area contributed by atoms with Gasteiger partial charge in [-0.15, -0.1) is 0 Å². The van der Waals surface area contributed by atoms with Crippen LogP contribution in [0.15, 0.2) is 48.2 Å². The SMILES string of the molecule is C[C@H](CC(F)(F)F)C(=O)N1CC[C@](O)(CN2C=C(C(=O)N3CCOCC3)C(c3ccccc3)=CC2)C2(CCCC2)C1. The molecule has 5 rings (SSSR count). The number of aliphatic hydroxyl groups is 1. The predicted octanol–water partition coefficient (Wildman–Crippen LogP) is 4.24. The van der Waals surface area contributed by atoms with E-state index in [0.717, 1.165) is 24.0 Å². The summed E-state index contributed by atoms with van der Waals surface area (Å²) in [6.07, 6.45) is 1.85. The maximum absolute atomic E-state index is 13.7. The Balaban J connectivity index is 1.37. The van der Waals surface area contributed by atoms with Crippen LogP contribution in [0.25, 0.3) is 5.57 Å². The van der Waals surface area contributed by atoms with Crippen LogP contribution in [-0.2, 0) is 14.3 Å². The van der Waals surface area contributed by atoms with E-state index in [0.29, 0.717) is 51.3 Å². The Morgan fingerprint density at radius 2 is 1.71 bits per heavy atom. The van der Waals surface area contributed by atoms with Crippen molar-refractivity contribution in [3.63, 3.8) is 0 Å². The quantitative estimate of drug-likeness (QED) is 0.550. The molecular weight excluding hydrogens is 535 g/mol. The molecule has 1 aliphatic carbocycles. The molecular formula is C31H40F3N3O4. The molecule has 2 atom stereocenters. The number of alkyl halides is 3. The number of nitrogens with zero attached hydrogens (tertiary/aromatic N) is 3. The van der Waals surface area contributed by atoms with Crippen LogP contribution in [0.4, 0.5) is 13.2 Å². The van der Waals surface area contributed by atoms with E-state index < -0.39 is 35.4 Å². The Bertz CT molecular complexity index is 1170. The third-order valence-corrected chi connectivity index (χ3v) is 9.32. The number of hydrogen-bond acceptors (Lipinski definition) is 5. The molecule has 3 heterocycles. The summed E-state index contributed by atoms with van der Waals surface area (Å²) >= 11 is 0. The second kappa shape index (κ2) is 11.8. The van der Waals surface area contributed by atoms with Gasteiger partial charge >= 0.3 is 6.18 Å². The number of likely N-dealkylation sites (tertiary alicyclic amines) is 1. The molecule has 7 nitrogen and oxygen atoms in total. The maximum Gasteiger partial charge on any atom is 0.389 e. The van der Waals surface area contributed by atoms with Crippen LogP contribution in [0.3, 0.4) is 0 Å². The van der Waals surface area contributed by atoms with Crippen LogP contribution in [0.5, 0.6) is 0 Å². The Hall–Kier alpha value is -2.85. The number of benzene rings is 1. The molecule has 1 N–H and O–H groups in total. The van der Waals surface area contributed by atoms with Crippen LogP contribution < -0.4 is 0 Å². The van der Waals surface area contributed by atoms with Gasteiger partial charge in [0.1, 0.15) is 0 Å². The van der Waals surface area contributed by atoms with Gasteiger partial charge in [-0.05, 0) is 30.4 Å². The van der Waals surface area contributed by atoms with Crippen molar-refractivity contribution in [3.05, 3.63) is 53.7 Å². The van der Waals surface area contributed by atoms with Gasteiger partial charge in [-0.2, -0.15) is 13.2 Å². The number of amides is 2. The minimum absolute atomic E-state index is 0.0743. The number of rotatable bonds is 6. The maximum atomic E-state index is 13.7. The van der Waals surface area contributed by atoms with E-state index in [1.165, 1.54) is 6.92 Å². The Kier molecular flexibility index (Phi) is 8.53. The van der Waals surface area contributed by atoms with Gasteiger partial charge in [0.15, 0.2) is 0 Å². The molecule has 3 fully saturated rings. The molecule has 4 aliphatic rings. The first-order valence-corrected chi connectivity index (χ1v) is 14.7. The molecule has 0 unspecified atom stereocenters. The number of piperidine rings is 1. The summed E-state index contributed by atoms with van der Waals surface area (Å²) in [7, 11) is 0. The van der Waals surface area contributed by atoms with E-state index in [1.807, 2.05) is 47.5 Å². The van der Waals surface area contributed by atoms with Gasteiger partial charge in [0.25, 0.3) is 5.91 Å². The van der Waals surface area contributed by atoms with Crippen molar-refractivity contribution in [2.24, 2.45) is 11.3 Å². The monoisotopic (exact) mass is 575 g/mol. The smallest absolute Gasteiger partial charge is 0.387 e. The number of morpholine rings is 1. The topological polar surface area (TPSA) is 73.3 Å². The molecule has 1 aromatic carbocycles. The number of ether oxygens (including phenoxy) is 1. The molecule has 41 heavy (non-hydrogen) atoms. The highest BCUT2D eigenvalue weighted by molar-refractivity contribution is 6.09. The largest absolute Gasteiger partial charge is 0.389 e. The molecule has 1 spiro atoms. The molecule has 1 aromatic rings. The lowest BCUT2D eigenvalue weighted by atomic mass is 9.65. The lowest BCUT2D eigenvalue weighted by Crippen LogP contribution is -2.64. The molecule has 2 amide bonds. The van der Waals surface area contributed by atoms with Crippen molar-refractivity contribution in [2.45, 2.75) is 57.2 Å². The molecule has 224 valence electrons. The third-order valence-electron chi connectivity index (χ3n) is 9.32. The fraction of sp³-hybridized carbons (Fsp3) is 0.613. The summed E-state index contributed by atoms with van der Waals surface area (Å²) in [5, 5.41) is 12.2. The van der Waals surface area contributed by atoms with Gasteiger partial charge in [-0.25, -0.2) is 0 Å². The van der Waals surface area contributed by atoms with Crippen molar-refractivity contribution in [2.75, 3.05) is 52.5 Å². The second-order valence-electron chi connectivity index (χ2n) is 12.1. The van der Waals surface area contributed by atoms with Gasteiger partial charge in [0.05, 0.1) is 30.8 Å². The third kappa shape index (κ3) is 6.33. The summed E-state index contributed by atoms with van der Waals surface area (Å²) < 4.78 is 44.4. The molecule has 0 aromatic heterocycles. The average Bonchev–Trinajstić information content (AvgIpc) is 3.44. The molecule has 2 saturated heterocycles.